The van der Waals surface area contributed by atoms with E-state index in [1.807, 2.05) is 23.5 Å². The third kappa shape index (κ3) is 5.19. The van der Waals surface area contributed by atoms with E-state index in [1.54, 1.807) is 0 Å². The van der Waals surface area contributed by atoms with E-state index >= 15 is 0 Å². The summed E-state index contributed by atoms with van der Waals surface area (Å²) in [6.45, 7) is 0. The largest absolute Gasteiger partial charge is 0.456 e. The van der Waals surface area contributed by atoms with E-state index < -0.39 is 0 Å². The van der Waals surface area contributed by atoms with Gasteiger partial charge in [-0.3, -0.25) is 0 Å². The quantitative estimate of drug-likeness (QED) is 0.168. The van der Waals surface area contributed by atoms with Crippen LogP contribution < -0.4 is 4.90 Å². The van der Waals surface area contributed by atoms with Crippen molar-refractivity contribution in [2.24, 2.45) is 0 Å². The highest BCUT2D eigenvalue weighted by Crippen LogP contribution is 2.43. The summed E-state index contributed by atoms with van der Waals surface area (Å²) in [5.74, 6) is 0. The number of para-hydroxylation sites is 2. The fourth-order valence-electron chi connectivity index (χ4n) is 8.86. The van der Waals surface area contributed by atoms with E-state index in [1.165, 1.54) is 58.7 Å². The maximum Gasteiger partial charge on any atom is 0.136 e. The fraction of sp³-hybridized carbons (Fsp3) is 0. The Balaban J connectivity index is 0.980. The Morgan fingerprint density at radius 1 is 0.379 bits per heavy atom. The summed E-state index contributed by atoms with van der Waals surface area (Å²) in [6.07, 6.45) is 0. The SMILES string of the molecule is c1ccc(-c2ccc(N(c3ccc(-c4cccc5c4sc4ccccc45)cc3)c3ccc(-n4c5ccccc5c5cc6oc7ccccc7c6cc54)cc3)cc2)cc1. The molecule has 0 radical (unpaired) electrons. The normalized spacial score (nSPS) is 11.8. The molecule has 0 N–H and O–H groups in total. The van der Waals surface area contributed by atoms with Gasteiger partial charge in [-0.25, -0.2) is 0 Å². The number of rotatable bonds is 6. The van der Waals surface area contributed by atoms with E-state index in [0.29, 0.717) is 0 Å². The zero-order valence-corrected chi connectivity index (χ0v) is 32.2. The standard InChI is InChI=1S/C54H34N2OS/c1-2-11-35(12-3-1)36-21-25-38(26-22-36)55(39-27-23-37(24-28-39)42-16-10-17-46-45-15-6-9-20-53(45)58-54(42)46)40-29-31-41(32-30-40)56-49-18-7-4-13-43(49)47-34-52-48(33-50(47)56)44-14-5-8-19-51(44)57-52/h1-34H. The Morgan fingerprint density at radius 3 is 1.76 bits per heavy atom. The summed E-state index contributed by atoms with van der Waals surface area (Å²) >= 11 is 1.87. The first-order valence-corrected chi connectivity index (χ1v) is 20.5. The molecule has 58 heavy (non-hydrogen) atoms. The van der Waals surface area contributed by atoms with Crippen molar-refractivity contribution in [3.8, 4) is 27.9 Å². The van der Waals surface area contributed by atoms with Crippen molar-refractivity contribution in [3.63, 3.8) is 0 Å². The van der Waals surface area contributed by atoms with Gasteiger partial charge in [-0.15, -0.1) is 11.3 Å². The lowest BCUT2D eigenvalue weighted by molar-refractivity contribution is 0.669. The van der Waals surface area contributed by atoms with E-state index in [9.17, 15) is 0 Å². The van der Waals surface area contributed by atoms with Crippen LogP contribution in [0.15, 0.2) is 211 Å². The van der Waals surface area contributed by atoms with Gasteiger partial charge in [0.05, 0.1) is 11.0 Å². The number of aromatic nitrogens is 1. The molecule has 0 saturated heterocycles. The van der Waals surface area contributed by atoms with Gasteiger partial charge in [-0.05, 0) is 101 Å². The molecule has 12 rings (SSSR count). The van der Waals surface area contributed by atoms with Crippen molar-refractivity contribution >= 4 is 92.3 Å². The summed E-state index contributed by atoms with van der Waals surface area (Å²) in [4.78, 5) is 2.36. The van der Waals surface area contributed by atoms with Gasteiger partial charge in [0, 0.05) is 64.5 Å². The zero-order chi connectivity index (χ0) is 38.2. The number of anilines is 3. The van der Waals surface area contributed by atoms with Crippen molar-refractivity contribution in [3.05, 3.63) is 206 Å². The molecule has 0 spiro atoms. The Bertz CT molecular complexity index is 3480. The molecule has 3 heterocycles. The summed E-state index contributed by atoms with van der Waals surface area (Å²) in [6, 6.07) is 74.4. The minimum Gasteiger partial charge on any atom is -0.456 e. The molecular formula is C54H34N2OS. The third-order valence-corrected chi connectivity index (χ3v) is 12.8. The molecule has 9 aromatic carbocycles. The van der Waals surface area contributed by atoms with Crippen molar-refractivity contribution < 1.29 is 4.42 Å². The van der Waals surface area contributed by atoms with Gasteiger partial charge in [0.2, 0.25) is 0 Å². The van der Waals surface area contributed by atoms with Gasteiger partial charge in [0.15, 0.2) is 0 Å². The highest BCUT2D eigenvalue weighted by atomic mass is 32.1. The van der Waals surface area contributed by atoms with Gasteiger partial charge in [0.25, 0.3) is 0 Å². The van der Waals surface area contributed by atoms with E-state index in [0.717, 1.165) is 50.2 Å². The molecule has 0 aliphatic carbocycles. The van der Waals surface area contributed by atoms with Crippen LogP contribution in [0.1, 0.15) is 0 Å². The van der Waals surface area contributed by atoms with Crippen LogP contribution in [0.3, 0.4) is 0 Å². The van der Waals surface area contributed by atoms with Crippen LogP contribution in [0.4, 0.5) is 17.1 Å². The number of benzene rings is 9. The van der Waals surface area contributed by atoms with Crippen LogP contribution in [0, 0.1) is 0 Å². The van der Waals surface area contributed by atoms with Crippen LogP contribution in [0.2, 0.25) is 0 Å². The van der Waals surface area contributed by atoms with Crippen LogP contribution >= 0.6 is 11.3 Å². The lowest BCUT2D eigenvalue weighted by Crippen LogP contribution is -2.10. The minimum absolute atomic E-state index is 0.910. The highest BCUT2D eigenvalue weighted by molar-refractivity contribution is 7.26. The van der Waals surface area contributed by atoms with Gasteiger partial charge in [-0.1, -0.05) is 127 Å². The summed E-state index contributed by atoms with van der Waals surface area (Å²) in [7, 11) is 0. The monoisotopic (exact) mass is 758 g/mol. The first kappa shape index (κ1) is 32.8. The molecule has 4 heteroatoms. The second kappa shape index (κ2) is 13.1. The van der Waals surface area contributed by atoms with Crippen molar-refractivity contribution in [1.29, 1.82) is 0 Å². The van der Waals surface area contributed by atoms with Crippen LogP contribution in [-0.4, -0.2) is 4.57 Å². The molecule has 3 aromatic heterocycles. The maximum absolute atomic E-state index is 6.33. The summed E-state index contributed by atoms with van der Waals surface area (Å²) in [5, 5.41) is 7.27. The van der Waals surface area contributed by atoms with Crippen molar-refractivity contribution in [1.82, 2.24) is 4.57 Å². The van der Waals surface area contributed by atoms with E-state index in [2.05, 4.69) is 204 Å². The lowest BCUT2D eigenvalue weighted by atomic mass is 10.0. The van der Waals surface area contributed by atoms with E-state index in [4.69, 9.17) is 4.42 Å². The van der Waals surface area contributed by atoms with Crippen molar-refractivity contribution in [2.75, 3.05) is 4.90 Å². The Hall–Kier alpha value is -7.40. The first-order chi connectivity index (χ1) is 28.7. The van der Waals surface area contributed by atoms with Crippen molar-refractivity contribution in [2.45, 2.75) is 0 Å². The Morgan fingerprint density at radius 2 is 0.983 bits per heavy atom. The van der Waals surface area contributed by atoms with Crippen LogP contribution in [0.25, 0.3) is 91.9 Å². The second-order valence-electron chi connectivity index (χ2n) is 14.9. The van der Waals surface area contributed by atoms with Gasteiger partial charge in [0.1, 0.15) is 11.2 Å². The average molecular weight is 759 g/mol. The molecule has 0 unspecified atom stereocenters. The number of fused-ring (bicyclic) bond motifs is 9. The zero-order valence-electron chi connectivity index (χ0n) is 31.3. The highest BCUT2D eigenvalue weighted by Gasteiger charge is 2.19. The Labute approximate surface area is 338 Å². The van der Waals surface area contributed by atoms with Gasteiger partial charge >= 0.3 is 0 Å². The molecule has 0 amide bonds. The number of hydrogen-bond acceptors (Lipinski definition) is 3. The van der Waals surface area contributed by atoms with Crippen LogP contribution in [-0.2, 0) is 0 Å². The molecule has 0 saturated carbocycles. The average Bonchev–Trinajstić information content (AvgIpc) is 3.96. The predicted molar refractivity (Wildman–Crippen MR) is 247 cm³/mol. The first-order valence-electron chi connectivity index (χ1n) is 19.7. The summed E-state index contributed by atoms with van der Waals surface area (Å²) in [5.41, 5.74) is 13.4. The predicted octanol–water partition coefficient (Wildman–Crippen LogP) is 15.9. The van der Waals surface area contributed by atoms with Gasteiger partial charge < -0.3 is 13.9 Å². The summed E-state index contributed by atoms with van der Waals surface area (Å²) < 4.78 is 11.4. The number of thiophene rings is 1. The second-order valence-corrected chi connectivity index (χ2v) is 16.0. The molecule has 12 aromatic rings. The molecule has 0 bridgehead atoms. The molecule has 0 fully saturated rings. The molecule has 0 aliphatic heterocycles. The Kier molecular flexibility index (Phi) is 7.40. The third-order valence-electron chi connectivity index (χ3n) is 11.6. The topological polar surface area (TPSA) is 21.3 Å². The molecule has 0 atom stereocenters. The number of nitrogens with zero attached hydrogens (tertiary/aromatic N) is 2. The molecule has 0 aliphatic rings. The number of furan rings is 1. The van der Waals surface area contributed by atoms with Gasteiger partial charge in [-0.2, -0.15) is 0 Å². The minimum atomic E-state index is 0.910. The molecule has 3 nitrogen and oxygen atoms in total. The van der Waals surface area contributed by atoms with E-state index in [-0.39, 0.29) is 0 Å². The smallest absolute Gasteiger partial charge is 0.136 e. The van der Waals surface area contributed by atoms with Crippen LogP contribution in [0.5, 0.6) is 0 Å². The maximum atomic E-state index is 6.33. The lowest BCUT2D eigenvalue weighted by Gasteiger charge is -2.26. The molecule has 272 valence electrons. The molecular weight excluding hydrogens is 725 g/mol. The fourth-order valence-corrected chi connectivity index (χ4v) is 10.1. The number of hydrogen-bond donors (Lipinski definition) is 0.